The maximum atomic E-state index is 12.5. The Kier molecular flexibility index (Phi) is 5.80. The Hall–Kier alpha value is -2.87. The van der Waals surface area contributed by atoms with Crippen molar-refractivity contribution < 1.29 is 9.53 Å². The van der Waals surface area contributed by atoms with Gasteiger partial charge in [0.05, 0.1) is 20.1 Å². The molecule has 0 radical (unpaired) electrons. The summed E-state index contributed by atoms with van der Waals surface area (Å²) in [5.41, 5.74) is 1.88. The van der Waals surface area contributed by atoms with Crippen LogP contribution >= 0.6 is 11.3 Å². The molecule has 0 atom stereocenters. The molecule has 1 N–H and O–H groups in total. The van der Waals surface area contributed by atoms with Crippen molar-refractivity contribution in [2.24, 2.45) is 0 Å². The van der Waals surface area contributed by atoms with E-state index in [2.05, 4.69) is 10.2 Å². The Morgan fingerprint density at radius 3 is 2.62 bits per heavy atom. The average Bonchev–Trinajstić information content (AvgIpc) is 3.39. The lowest BCUT2D eigenvalue weighted by Crippen LogP contribution is -2.39. The van der Waals surface area contributed by atoms with E-state index < -0.39 is 0 Å². The third-order valence-electron chi connectivity index (χ3n) is 5.44. The maximum Gasteiger partial charge on any atom is 0.343 e. The lowest BCUT2D eigenvalue weighted by atomic mass is 9.95. The summed E-state index contributed by atoms with van der Waals surface area (Å²) in [6, 6.07) is 9.67. The van der Waals surface area contributed by atoms with Gasteiger partial charge in [0.15, 0.2) is 0 Å². The largest absolute Gasteiger partial charge is 0.497 e. The first-order valence-electron chi connectivity index (χ1n) is 9.71. The van der Waals surface area contributed by atoms with Crippen molar-refractivity contribution in [2.45, 2.75) is 31.7 Å². The third kappa shape index (κ3) is 4.42. The van der Waals surface area contributed by atoms with E-state index in [0.717, 1.165) is 35.5 Å². The van der Waals surface area contributed by atoms with Crippen molar-refractivity contribution in [1.82, 2.24) is 19.7 Å². The number of carbonyl (C=O) groups excluding carboxylic acids is 1. The highest BCUT2D eigenvalue weighted by Gasteiger charge is 2.27. The van der Waals surface area contributed by atoms with Crippen LogP contribution in [0.4, 0.5) is 0 Å². The van der Waals surface area contributed by atoms with Gasteiger partial charge in [-0.05, 0) is 52.9 Å². The van der Waals surface area contributed by atoms with Gasteiger partial charge in [-0.3, -0.25) is 9.36 Å². The minimum Gasteiger partial charge on any atom is -0.497 e. The van der Waals surface area contributed by atoms with Gasteiger partial charge in [-0.1, -0.05) is 12.1 Å². The second-order valence-electron chi connectivity index (χ2n) is 7.28. The lowest BCUT2D eigenvalue weighted by molar-refractivity contribution is -0.131. The van der Waals surface area contributed by atoms with E-state index in [4.69, 9.17) is 4.74 Å². The average molecular weight is 413 g/mol. The van der Waals surface area contributed by atoms with E-state index in [1.807, 2.05) is 46.0 Å². The monoisotopic (exact) mass is 412 g/mol. The molecule has 4 rings (SSSR count). The van der Waals surface area contributed by atoms with Crippen LogP contribution in [0.5, 0.6) is 5.75 Å². The van der Waals surface area contributed by atoms with E-state index in [0.29, 0.717) is 26.1 Å². The fraction of sp³-hybridized carbons (Fsp3) is 0.381. The normalized spacial score (nSPS) is 14.9. The smallest absolute Gasteiger partial charge is 0.343 e. The summed E-state index contributed by atoms with van der Waals surface area (Å²) in [7, 11) is 1.63. The summed E-state index contributed by atoms with van der Waals surface area (Å²) in [5, 5.41) is 10.9. The fourth-order valence-corrected chi connectivity index (χ4v) is 4.44. The highest BCUT2D eigenvalue weighted by molar-refractivity contribution is 7.08. The molecular weight excluding hydrogens is 388 g/mol. The number of thiophene rings is 1. The van der Waals surface area contributed by atoms with Gasteiger partial charge in [-0.2, -0.15) is 16.4 Å². The van der Waals surface area contributed by atoms with Crippen molar-refractivity contribution in [3.63, 3.8) is 0 Å². The molecule has 1 fully saturated rings. The molecule has 1 amide bonds. The molecule has 3 aromatic rings. The van der Waals surface area contributed by atoms with Crippen LogP contribution in [0.15, 0.2) is 45.9 Å². The van der Waals surface area contributed by atoms with Gasteiger partial charge < -0.3 is 9.64 Å². The van der Waals surface area contributed by atoms with Gasteiger partial charge in [0.25, 0.3) is 0 Å². The number of amides is 1. The number of H-pyrrole nitrogens is 1. The Bertz CT molecular complexity index is 999. The summed E-state index contributed by atoms with van der Waals surface area (Å²) in [6.07, 6.45) is 2.07. The number of piperidine rings is 1. The van der Waals surface area contributed by atoms with Crippen molar-refractivity contribution in [3.8, 4) is 5.75 Å². The topological polar surface area (TPSA) is 80.2 Å². The van der Waals surface area contributed by atoms with Gasteiger partial charge in [0, 0.05) is 19.0 Å². The molecule has 8 heteroatoms. The molecule has 0 saturated carbocycles. The molecule has 1 aromatic carbocycles. The van der Waals surface area contributed by atoms with E-state index in [1.54, 1.807) is 23.0 Å². The summed E-state index contributed by atoms with van der Waals surface area (Å²) in [6.45, 7) is 1.85. The highest BCUT2D eigenvalue weighted by atomic mass is 32.1. The van der Waals surface area contributed by atoms with Crippen LogP contribution in [-0.2, 0) is 17.8 Å². The number of hydrogen-bond acceptors (Lipinski definition) is 5. The first-order valence-corrected chi connectivity index (χ1v) is 10.6. The van der Waals surface area contributed by atoms with Crippen molar-refractivity contribution in [2.75, 3.05) is 20.2 Å². The van der Waals surface area contributed by atoms with Crippen molar-refractivity contribution in [1.29, 1.82) is 0 Å². The molecule has 1 aliphatic heterocycles. The number of nitrogens with zero attached hydrogens (tertiary/aromatic N) is 3. The van der Waals surface area contributed by atoms with E-state index in [1.165, 1.54) is 0 Å². The van der Waals surface area contributed by atoms with Crippen LogP contribution in [0.3, 0.4) is 0 Å². The van der Waals surface area contributed by atoms with Crippen LogP contribution in [0.25, 0.3) is 0 Å². The summed E-state index contributed by atoms with van der Waals surface area (Å²) < 4.78 is 6.89. The lowest BCUT2D eigenvalue weighted by Gasteiger charge is -2.31. The first-order chi connectivity index (χ1) is 14.1. The molecule has 0 spiro atoms. The SMILES string of the molecule is COc1ccc(Cn2c(C3CCN(C(=O)Cc4ccsc4)CC3)n[nH]c2=O)cc1. The number of rotatable bonds is 6. The van der Waals surface area contributed by atoms with Crippen molar-refractivity contribution in [3.05, 3.63) is 68.5 Å². The van der Waals surface area contributed by atoms with Gasteiger partial charge in [0.2, 0.25) is 5.91 Å². The Labute approximate surface area is 172 Å². The molecule has 0 aliphatic carbocycles. The zero-order valence-corrected chi connectivity index (χ0v) is 17.2. The van der Waals surface area contributed by atoms with E-state index >= 15 is 0 Å². The minimum absolute atomic E-state index is 0.164. The number of nitrogens with one attached hydrogen (secondary N) is 1. The van der Waals surface area contributed by atoms with Crippen LogP contribution in [0.1, 0.15) is 35.7 Å². The zero-order valence-electron chi connectivity index (χ0n) is 16.3. The second kappa shape index (κ2) is 8.65. The molecular formula is C21H24N4O3S. The van der Waals surface area contributed by atoms with Crippen molar-refractivity contribution >= 4 is 17.2 Å². The third-order valence-corrected chi connectivity index (χ3v) is 6.17. The molecule has 152 valence electrons. The summed E-state index contributed by atoms with van der Waals surface area (Å²) in [4.78, 5) is 26.8. The van der Waals surface area contributed by atoms with Gasteiger partial charge in [-0.15, -0.1) is 0 Å². The number of carbonyl (C=O) groups is 1. The molecule has 3 heterocycles. The molecule has 1 aliphatic rings. The maximum absolute atomic E-state index is 12.5. The minimum atomic E-state index is -0.202. The van der Waals surface area contributed by atoms with E-state index in [9.17, 15) is 9.59 Å². The summed E-state index contributed by atoms with van der Waals surface area (Å²) in [5.74, 6) is 1.89. The number of aromatic nitrogens is 3. The Morgan fingerprint density at radius 2 is 1.97 bits per heavy atom. The first kappa shape index (κ1) is 19.4. The highest BCUT2D eigenvalue weighted by Crippen LogP contribution is 2.27. The number of hydrogen-bond donors (Lipinski definition) is 1. The number of ether oxygens (including phenoxy) is 1. The number of benzene rings is 1. The molecule has 7 nitrogen and oxygen atoms in total. The Balaban J connectivity index is 1.41. The van der Waals surface area contributed by atoms with Crippen LogP contribution in [0.2, 0.25) is 0 Å². The predicted octanol–water partition coefficient (Wildman–Crippen LogP) is 2.64. The predicted molar refractivity (Wildman–Crippen MR) is 112 cm³/mol. The zero-order chi connectivity index (χ0) is 20.2. The second-order valence-corrected chi connectivity index (χ2v) is 8.06. The summed E-state index contributed by atoms with van der Waals surface area (Å²) >= 11 is 1.61. The molecule has 0 bridgehead atoms. The number of aromatic amines is 1. The quantitative estimate of drug-likeness (QED) is 0.675. The molecule has 0 unspecified atom stereocenters. The van der Waals surface area contributed by atoms with Gasteiger partial charge >= 0.3 is 5.69 Å². The number of methoxy groups -OCH3 is 1. The van der Waals surface area contributed by atoms with Gasteiger partial charge in [0.1, 0.15) is 11.6 Å². The standard InChI is InChI=1S/C21H24N4O3S/c1-28-18-4-2-15(3-5-18)13-25-20(22-23-21(25)27)17-6-9-24(10-7-17)19(26)12-16-8-11-29-14-16/h2-5,8,11,14,17H,6-7,9-10,12-13H2,1H3,(H,23,27). The fourth-order valence-electron chi connectivity index (χ4n) is 3.77. The number of likely N-dealkylation sites (tertiary alicyclic amines) is 1. The molecule has 1 saturated heterocycles. The Morgan fingerprint density at radius 1 is 1.21 bits per heavy atom. The van der Waals surface area contributed by atoms with Crippen LogP contribution < -0.4 is 10.4 Å². The van der Waals surface area contributed by atoms with Gasteiger partial charge in [-0.25, -0.2) is 9.89 Å². The van der Waals surface area contributed by atoms with Crippen LogP contribution in [0, 0.1) is 0 Å². The van der Waals surface area contributed by atoms with E-state index in [-0.39, 0.29) is 17.5 Å². The molecule has 2 aromatic heterocycles. The van der Waals surface area contributed by atoms with Crippen LogP contribution in [-0.4, -0.2) is 45.8 Å². The molecule has 29 heavy (non-hydrogen) atoms.